The monoisotopic (exact) mass is 309 g/mol. The molecule has 1 atom stereocenters. The van der Waals surface area contributed by atoms with Gasteiger partial charge in [0.25, 0.3) is 0 Å². The molecule has 0 fully saturated rings. The zero-order valence-corrected chi connectivity index (χ0v) is 13.3. The number of H-pyrrole nitrogens is 1. The number of carbonyl (C=O) groups is 2. The molecular formula is C16H27N3O3. The second-order valence-corrected chi connectivity index (χ2v) is 5.61. The molecule has 0 aliphatic rings. The number of carboxylic acid groups (broad SMARTS) is 1. The summed E-state index contributed by atoms with van der Waals surface area (Å²) < 4.78 is 0. The van der Waals surface area contributed by atoms with Crippen molar-refractivity contribution in [3.63, 3.8) is 0 Å². The highest BCUT2D eigenvalue weighted by molar-refractivity contribution is 5.83. The van der Waals surface area contributed by atoms with E-state index in [0.717, 1.165) is 19.3 Å². The summed E-state index contributed by atoms with van der Waals surface area (Å²) in [4.78, 5) is 29.7. The minimum Gasteiger partial charge on any atom is -0.480 e. The fourth-order valence-corrected chi connectivity index (χ4v) is 2.33. The first kappa shape index (κ1) is 18.2. The van der Waals surface area contributed by atoms with Gasteiger partial charge in [0.1, 0.15) is 6.04 Å². The van der Waals surface area contributed by atoms with Gasteiger partial charge < -0.3 is 15.4 Å². The third-order valence-electron chi connectivity index (χ3n) is 3.62. The maximum atomic E-state index is 11.8. The van der Waals surface area contributed by atoms with Gasteiger partial charge in [-0.2, -0.15) is 0 Å². The molecule has 6 heteroatoms. The summed E-state index contributed by atoms with van der Waals surface area (Å²) in [5, 5.41) is 11.7. The molecule has 0 radical (unpaired) electrons. The molecule has 1 amide bonds. The van der Waals surface area contributed by atoms with Gasteiger partial charge in [-0.05, 0) is 6.42 Å². The minimum atomic E-state index is -1.03. The quantitative estimate of drug-likeness (QED) is 0.517. The van der Waals surface area contributed by atoms with Crippen LogP contribution in [-0.4, -0.2) is 33.0 Å². The normalized spacial score (nSPS) is 12.0. The van der Waals surface area contributed by atoms with Crippen molar-refractivity contribution < 1.29 is 14.7 Å². The molecule has 0 bridgehead atoms. The van der Waals surface area contributed by atoms with Gasteiger partial charge in [-0.25, -0.2) is 9.78 Å². The van der Waals surface area contributed by atoms with E-state index < -0.39 is 12.0 Å². The Hall–Kier alpha value is -1.85. The van der Waals surface area contributed by atoms with E-state index in [2.05, 4.69) is 22.2 Å². The van der Waals surface area contributed by atoms with Crippen LogP contribution in [0.2, 0.25) is 0 Å². The van der Waals surface area contributed by atoms with E-state index >= 15 is 0 Å². The fourth-order valence-electron chi connectivity index (χ4n) is 2.33. The molecule has 3 N–H and O–H groups in total. The lowest BCUT2D eigenvalue weighted by molar-refractivity contribution is -0.141. The Kier molecular flexibility index (Phi) is 8.95. The van der Waals surface area contributed by atoms with Gasteiger partial charge in [0.05, 0.1) is 6.33 Å². The van der Waals surface area contributed by atoms with Crippen LogP contribution in [0.15, 0.2) is 12.5 Å². The van der Waals surface area contributed by atoms with Crippen LogP contribution in [0.3, 0.4) is 0 Å². The minimum absolute atomic E-state index is 0.194. The Morgan fingerprint density at radius 1 is 1.23 bits per heavy atom. The van der Waals surface area contributed by atoms with Crippen molar-refractivity contribution in [2.75, 3.05) is 0 Å². The first-order valence-electron chi connectivity index (χ1n) is 8.13. The lowest BCUT2D eigenvalue weighted by Gasteiger charge is -2.13. The predicted octanol–water partition coefficient (Wildman–Crippen LogP) is 2.66. The number of aliphatic carboxylic acids is 1. The van der Waals surface area contributed by atoms with E-state index in [1.54, 1.807) is 6.20 Å². The van der Waals surface area contributed by atoms with Crippen molar-refractivity contribution in [3.05, 3.63) is 18.2 Å². The predicted molar refractivity (Wildman–Crippen MR) is 84.5 cm³/mol. The highest BCUT2D eigenvalue weighted by atomic mass is 16.4. The standard InChI is InChI=1S/C16H27N3O3/c1-2-3-4-5-6-7-8-9-15(20)19-14(16(21)22)10-13-11-17-12-18-13/h11-12,14H,2-10H2,1H3,(H,17,18)(H,19,20)(H,21,22). The first-order chi connectivity index (χ1) is 10.6. The van der Waals surface area contributed by atoms with Crippen molar-refractivity contribution in [3.8, 4) is 0 Å². The molecule has 22 heavy (non-hydrogen) atoms. The van der Waals surface area contributed by atoms with Crippen LogP contribution in [0.4, 0.5) is 0 Å². The highest BCUT2D eigenvalue weighted by Crippen LogP contribution is 2.08. The number of rotatable bonds is 12. The highest BCUT2D eigenvalue weighted by Gasteiger charge is 2.20. The largest absolute Gasteiger partial charge is 0.480 e. The lowest BCUT2D eigenvalue weighted by atomic mass is 10.1. The molecule has 124 valence electrons. The molecule has 1 rings (SSSR count). The molecule has 0 saturated carbocycles. The van der Waals surface area contributed by atoms with E-state index in [1.165, 1.54) is 32.0 Å². The molecule has 0 aliphatic carbocycles. The van der Waals surface area contributed by atoms with Gasteiger partial charge in [-0.1, -0.05) is 45.4 Å². The molecule has 6 nitrogen and oxygen atoms in total. The van der Waals surface area contributed by atoms with Crippen molar-refractivity contribution in [1.82, 2.24) is 15.3 Å². The number of carbonyl (C=O) groups excluding carboxylic acids is 1. The molecular weight excluding hydrogens is 282 g/mol. The molecule has 1 unspecified atom stereocenters. The van der Waals surface area contributed by atoms with Crippen LogP contribution in [-0.2, 0) is 16.0 Å². The molecule has 1 aromatic heterocycles. The number of carboxylic acids is 1. The Morgan fingerprint density at radius 2 is 1.91 bits per heavy atom. The molecule has 1 heterocycles. The van der Waals surface area contributed by atoms with Crippen LogP contribution in [0, 0.1) is 0 Å². The molecule has 1 aromatic rings. The molecule has 0 spiro atoms. The number of aromatic nitrogens is 2. The van der Waals surface area contributed by atoms with Crippen LogP contribution >= 0.6 is 0 Å². The average Bonchev–Trinajstić information content (AvgIpc) is 2.98. The average molecular weight is 309 g/mol. The zero-order valence-electron chi connectivity index (χ0n) is 13.3. The number of imidazole rings is 1. The Morgan fingerprint density at radius 3 is 2.50 bits per heavy atom. The SMILES string of the molecule is CCCCCCCCCC(=O)NC(Cc1cnc[nH]1)C(=O)O. The summed E-state index contributed by atoms with van der Waals surface area (Å²) in [5.41, 5.74) is 0.698. The van der Waals surface area contributed by atoms with Crippen LogP contribution in [0.25, 0.3) is 0 Å². The maximum absolute atomic E-state index is 11.8. The van der Waals surface area contributed by atoms with Gasteiger partial charge in [0.15, 0.2) is 0 Å². The first-order valence-corrected chi connectivity index (χ1v) is 8.13. The van der Waals surface area contributed by atoms with Gasteiger partial charge >= 0.3 is 5.97 Å². The Bertz CT molecular complexity index is 432. The van der Waals surface area contributed by atoms with E-state index in [0.29, 0.717) is 12.1 Å². The van der Waals surface area contributed by atoms with Gasteiger partial charge in [-0.3, -0.25) is 4.79 Å². The number of unbranched alkanes of at least 4 members (excludes halogenated alkanes) is 6. The summed E-state index contributed by atoms with van der Waals surface area (Å²) >= 11 is 0. The summed E-state index contributed by atoms with van der Waals surface area (Å²) in [6.45, 7) is 2.19. The number of hydrogen-bond donors (Lipinski definition) is 3. The number of hydrogen-bond acceptors (Lipinski definition) is 3. The summed E-state index contributed by atoms with van der Waals surface area (Å²) in [6, 6.07) is -0.905. The van der Waals surface area contributed by atoms with E-state index in [-0.39, 0.29) is 12.3 Å². The second kappa shape index (κ2) is 10.8. The lowest BCUT2D eigenvalue weighted by Crippen LogP contribution is -2.42. The number of amides is 1. The van der Waals surface area contributed by atoms with Gasteiger partial charge in [-0.15, -0.1) is 0 Å². The van der Waals surface area contributed by atoms with Crippen LogP contribution in [0.5, 0.6) is 0 Å². The van der Waals surface area contributed by atoms with Crippen molar-refractivity contribution in [1.29, 1.82) is 0 Å². The van der Waals surface area contributed by atoms with E-state index in [1.807, 2.05) is 0 Å². The summed E-state index contributed by atoms with van der Waals surface area (Å²) in [6.07, 6.45) is 11.6. The van der Waals surface area contributed by atoms with Crippen molar-refractivity contribution in [2.45, 2.75) is 70.8 Å². The summed E-state index contributed by atoms with van der Waals surface area (Å²) in [5.74, 6) is -1.22. The number of nitrogens with one attached hydrogen (secondary N) is 2. The van der Waals surface area contributed by atoms with Gasteiger partial charge in [0, 0.05) is 24.7 Å². The maximum Gasteiger partial charge on any atom is 0.326 e. The van der Waals surface area contributed by atoms with Gasteiger partial charge in [0.2, 0.25) is 5.91 Å². The molecule has 0 saturated heterocycles. The van der Waals surface area contributed by atoms with Crippen LogP contribution < -0.4 is 5.32 Å². The number of nitrogens with zero attached hydrogens (tertiary/aromatic N) is 1. The molecule has 0 aromatic carbocycles. The Balaban J connectivity index is 2.19. The van der Waals surface area contributed by atoms with E-state index in [4.69, 9.17) is 5.11 Å². The smallest absolute Gasteiger partial charge is 0.326 e. The second-order valence-electron chi connectivity index (χ2n) is 5.61. The molecule has 0 aliphatic heterocycles. The zero-order chi connectivity index (χ0) is 16.2. The third-order valence-corrected chi connectivity index (χ3v) is 3.62. The van der Waals surface area contributed by atoms with Crippen LogP contribution in [0.1, 0.15) is 64.0 Å². The van der Waals surface area contributed by atoms with E-state index in [9.17, 15) is 9.59 Å². The number of aromatic amines is 1. The van der Waals surface area contributed by atoms with Crippen molar-refractivity contribution >= 4 is 11.9 Å². The third kappa shape index (κ3) is 7.81. The fraction of sp³-hybridized carbons (Fsp3) is 0.688. The summed E-state index contributed by atoms with van der Waals surface area (Å²) in [7, 11) is 0. The Labute approximate surface area is 131 Å². The van der Waals surface area contributed by atoms with Crippen molar-refractivity contribution in [2.24, 2.45) is 0 Å². The topological polar surface area (TPSA) is 95.1 Å².